The summed E-state index contributed by atoms with van der Waals surface area (Å²) in [5.74, 6) is -1.16. The van der Waals surface area contributed by atoms with Crippen molar-refractivity contribution in [2.45, 2.75) is 0 Å². The molecule has 17 heavy (non-hydrogen) atoms. The van der Waals surface area contributed by atoms with E-state index in [0.717, 1.165) is 0 Å². The molecule has 5 nitrogen and oxygen atoms in total. The van der Waals surface area contributed by atoms with E-state index in [1.54, 1.807) is 23.1 Å². The van der Waals surface area contributed by atoms with Gasteiger partial charge in [0.25, 0.3) is 0 Å². The van der Waals surface area contributed by atoms with Crippen LogP contribution in [-0.4, -0.2) is 30.1 Å². The van der Waals surface area contributed by atoms with Crippen LogP contribution in [0.5, 0.6) is 0 Å². The Labute approximate surface area is 98.4 Å². The van der Waals surface area contributed by atoms with Crippen molar-refractivity contribution in [3.8, 4) is 0 Å². The van der Waals surface area contributed by atoms with Gasteiger partial charge >= 0.3 is 5.97 Å². The third-order valence-corrected chi connectivity index (χ3v) is 2.54. The van der Waals surface area contributed by atoms with Crippen molar-refractivity contribution in [2.24, 2.45) is 0 Å². The summed E-state index contributed by atoms with van der Waals surface area (Å²) in [4.78, 5) is 24.3. The Morgan fingerprint density at radius 3 is 3.00 bits per heavy atom. The maximum atomic E-state index is 11.5. The Morgan fingerprint density at radius 2 is 2.35 bits per heavy atom. The topological polar surface area (TPSA) is 69.6 Å². The summed E-state index contributed by atoms with van der Waals surface area (Å²) in [7, 11) is 0. The second-order valence-electron chi connectivity index (χ2n) is 3.72. The minimum atomic E-state index is -1.01. The number of carboxylic acids is 1. The molecule has 0 spiro atoms. The molecule has 88 valence electrons. The molecule has 0 aliphatic carbocycles. The van der Waals surface area contributed by atoms with Crippen LogP contribution in [0.4, 0.5) is 11.4 Å². The molecule has 0 radical (unpaired) electrons. The number of carbonyl (C=O) groups excluding carboxylic acids is 1. The quantitative estimate of drug-likeness (QED) is 0.771. The summed E-state index contributed by atoms with van der Waals surface area (Å²) in [6.07, 6.45) is 1.64. The highest BCUT2D eigenvalue weighted by Crippen LogP contribution is 2.32. The Bertz CT molecular complexity index is 497. The van der Waals surface area contributed by atoms with E-state index in [0.29, 0.717) is 17.9 Å². The van der Waals surface area contributed by atoms with E-state index >= 15 is 0 Å². The fourth-order valence-electron chi connectivity index (χ4n) is 1.91. The zero-order valence-corrected chi connectivity index (χ0v) is 9.14. The molecule has 2 N–H and O–H groups in total. The van der Waals surface area contributed by atoms with Crippen LogP contribution in [0.2, 0.25) is 0 Å². The minimum Gasteiger partial charge on any atom is -0.478 e. The number of para-hydroxylation sites is 1. The molecule has 5 heteroatoms. The van der Waals surface area contributed by atoms with Crippen molar-refractivity contribution >= 4 is 23.3 Å². The summed E-state index contributed by atoms with van der Waals surface area (Å²) in [6, 6.07) is 4.82. The van der Waals surface area contributed by atoms with Crippen LogP contribution in [0.3, 0.4) is 0 Å². The summed E-state index contributed by atoms with van der Waals surface area (Å²) in [5, 5.41) is 11.8. The Morgan fingerprint density at radius 1 is 1.59 bits per heavy atom. The molecule has 2 rings (SSSR count). The number of amides is 1. The van der Waals surface area contributed by atoms with E-state index in [1.807, 2.05) is 0 Å². The van der Waals surface area contributed by atoms with Crippen LogP contribution < -0.4 is 10.2 Å². The van der Waals surface area contributed by atoms with E-state index in [1.165, 1.54) is 6.07 Å². The van der Waals surface area contributed by atoms with Crippen LogP contribution in [0.1, 0.15) is 10.4 Å². The lowest BCUT2D eigenvalue weighted by atomic mass is 10.1. The van der Waals surface area contributed by atoms with E-state index in [9.17, 15) is 9.59 Å². The van der Waals surface area contributed by atoms with Gasteiger partial charge in [-0.25, -0.2) is 4.79 Å². The molecule has 0 saturated carbocycles. The number of nitrogens with one attached hydrogen (secondary N) is 1. The first-order valence-corrected chi connectivity index (χ1v) is 5.15. The average Bonchev–Trinajstić information content (AvgIpc) is 2.28. The molecular weight excluding hydrogens is 220 g/mol. The van der Waals surface area contributed by atoms with Gasteiger partial charge in [-0.3, -0.25) is 4.79 Å². The number of hydrogen-bond donors (Lipinski definition) is 2. The van der Waals surface area contributed by atoms with E-state index in [4.69, 9.17) is 5.11 Å². The van der Waals surface area contributed by atoms with E-state index in [2.05, 4.69) is 11.9 Å². The molecule has 1 aromatic carbocycles. The first-order chi connectivity index (χ1) is 8.13. The fourth-order valence-corrected chi connectivity index (χ4v) is 1.91. The number of anilines is 2. The van der Waals surface area contributed by atoms with Gasteiger partial charge in [-0.2, -0.15) is 0 Å². The van der Waals surface area contributed by atoms with E-state index < -0.39 is 5.97 Å². The van der Waals surface area contributed by atoms with Gasteiger partial charge in [0.05, 0.1) is 23.5 Å². The fraction of sp³-hybridized carbons (Fsp3) is 0.167. The molecule has 1 heterocycles. The molecular formula is C12H12N2O3. The summed E-state index contributed by atoms with van der Waals surface area (Å²) in [5.41, 5.74) is 1.26. The van der Waals surface area contributed by atoms with Gasteiger partial charge in [-0.1, -0.05) is 12.1 Å². The van der Waals surface area contributed by atoms with Gasteiger partial charge < -0.3 is 15.3 Å². The Kier molecular flexibility index (Phi) is 2.82. The number of aromatic carboxylic acids is 1. The third-order valence-electron chi connectivity index (χ3n) is 2.54. The Hall–Kier alpha value is -2.30. The molecule has 1 amide bonds. The molecule has 0 aromatic heterocycles. The number of hydrogen-bond acceptors (Lipinski definition) is 3. The van der Waals surface area contributed by atoms with Gasteiger partial charge in [0.15, 0.2) is 0 Å². The van der Waals surface area contributed by atoms with Crippen molar-refractivity contribution in [2.75, 3.05) is 23.3 Å². The van der Waals surface area contributed by atoms with Crippen molar-refractivity contribution in [1.29, 1.82) is 0 Å². The SMILES string of the molecule is C=CCN1CC(=O)Nc2cccc(C(=O)O)c21. The summed E-state index contributed by atoms with van der Waals surface area (Å²) >= 11 is 0. The highest BCUT2D eigenvalue weighted by molar-refractivity contribution is 6.07. The van der Waals surface area contributed by atoms with Crippen molar-refractivity contribution in [3.05, 3.63) is 36.4 Å². The maximum absolute atomic E-state index is 11.5. The second-order valence-corrected chi connectivity index (χ2v) is 3.72. The number of nitrogens with zero attached hydrogens (tertiary/aromatic N) is 1. The second kappa shape index (κ2) is 4.29. The first-order valence-electron chi connectivity index (χ1n) is 5.15. The van der Waals surface area contributed by atoms with Crippen molar-refractivity contribution in [1.82, 2.24) is 0 Å². The molecule has 1 aliphatic heterocycles. The molecule has 0 saturated heterocycles. The zero-order valence-electron chi connectivity index (χ0n) is 9.14. The number of rotatable bonds is 3. The van der Waals surface area contributed by atoms with Crippen molar-refractivity contribution in [3.63, 3.8) is 0 Å². The molecule has 0 fully saturated rings. The number of benzene rings is 1. The van der Waals surface area contributed by atoms with Crippen molar-refractivity contribution < 1.29 is 14.7 Å². The smallest absolute Gasteiger partial charge is 0.337 e. The van der Waals surface area contributed by atoms with Crippen LogP contribution in [0.15, 0.2) is 30.9 Å². The summed E-state index contributed by atoms with van der Waals surface area (Å²) in [6.45, 7) is 4.18. The molecule has 0 atom stereocenters. The highest BCUT2D eigenvalue weighted by atomic mass is 16.4. The lowest BCUT2D eigenvalue weighted by Crippen LogP contribution is -2.39. The maximum Gasteiger partial charge on any atom is 0.337 e. The monoisotopic (exact) mass is 232 g/mol. The first kappa shape index (κ1) is 11.2. The normalized spacial score (nSPS) is 13.9. The molecule has 1 aliphatic rings. The van der Waals surface area contributed by atoms with Crippen LogP contribution in [0.25, 0.3) is 0 Å². The number of fused-ring (bicyclic) bond motifs is 1. The van der Waals surface area contributed by atoms with Crippen LogP contribution in [0, 0.1) is 0 Å². The van der Waals surface area contributed by atoms with E-state index in [-0.39, 0.29) is 18.0 Å². The Balaban J connectivity index is 2.55. The third kappa shape index (κ3) is 1.99. The predicted octanol–water partition coefficient (Wildman–Crippen LogP) is 1.33. The average molecular weight is 232 g/mol. The van der Waals surface area contributed by atoms with Gasteiger partial charge in [0.1, 0.15) is 0 Å². The lowest BCUT2D eigenvalue weighted by molar-refractivity contribution is -0.115. The largest absolute Gasteiger partial charge is 0.478 e. The van der Waals surface area contributed by atoms with Crippen LogP contribution in [-0.2, 0) is 4.79 Å². The number of carboxylic acid groups (broad SMARTS) is 1. The predicted molar refractivity (Wildman–Crippen MR) is 64.4 cm³/mol. The number of carbonyl (C=O) groups is 2. The van der Waals surface area contributed by atoms with Crippen LogP contribution >= 0.6 is 0 Å². The van der Waals surface area contributed by atoms with Gasteiger partial charge in [-0.15, -0.1) is 6.58 Å². The molecule has 0 bridgehead atoms. The highest BCUT2D eigenvalue weighted by Gasteiger charge is 2.25. The van der Waals surface area contributed by atoms with Gasteiger partial charge in [0.2, 0.25) is 5.91 Å². The summed E-state index contributed by atoms with van der Waals surface area (Å²) < 4.78 is 0. The van der Waals surface area contributed by atoms with Gasteiger partial charge in [-0.05, 0) is 12.1 Å². The zero-order chi connectivity index (χ0) is 12.4. The van der Waals surface area contributed by atoms with Gasteiger partial charge in [0, 0.05) is 6.54 Å². The standard InChI is InChI=1S/C12H12N2O3/c1-2-6-14-7-10(15)13-9-5-3-4-8(11(9)14)12(16)17/h2-5H,1,6-7H2,(H,13,15)(H,16,17). The lowest BCUT2D eigenvalue weighted by Gasteiger charge is -2.31. The molecule has 0 unspecified atom stereocenters. The molecule has 1 aromatic rings. The minimum absolute atomic E-state index is 0.142.